The summed E-state index contributed by atoms with van der Waals surface area (Å²) in [6, 6.07) is 21.7. The summed E-state index contributed by atoms with van der Waals surface area (Å²) in [5.74, 6) is 0.820. The Morgan fingerprint density at radius 2 is 1.76 bits per heavy atom. The number of pyridine rings is 1. The van der Waals surface area contributed by atoms with Gasteiger partial charge in [0, 0.05) is 24.9 Å². The molecule has 2 heterocycles. The highest BCUT2D eigenvalue weighted by molar-refractivity contribution is 5.64. The van der Waals surface area contributed by atoms with E-state index in [1.54, 1.807) is 13.3 Å². The Balaban J connectivity index is 1.43. The fourth-order valence-corrected chi connectivity index (χ4v) is 3.60. The highest BCUT2D eigenvalue weighted by Gasteiger charge is 2.17. The number of rotatable bonds is 9. The van der Waals surface area contributed by atoms with E-state index in [0.717, 1.165) is 36.3 Å². The van der Waals surface area contributed by atoms with Crippen molar-refractivity contribution in [1.82, 2.24) is 10.3 Å². The first kappa shape index (κ1) is 19.6. The van der Waals surface area contributed by atoms with E-state index in [1.807, 2.05) is 12.3 Å². The van der Waals surface area contributed by atoms with E-state index in [2.05, 4.69) is 64.9 Å². The summed E-state index contributed by atoms with van der Waals surface area (Å²) in [6.07, 6.45) is 6.78. The normalized spacial score (nSPS) is 16.8. The number of aromatic nitrogens is 1. The lowest BCUT2D eigenvalue weighted by Gasteiger charge is -2.27. The van der Waals surface area contributed by atoms with Crippen LogP contribution in [0.3, 0.4) is 0 Å². The standard InChI is InChI=1S/C25H28N2O2/c1-28-24(13-19-6-3-2-4-7-19)14-20-8-5-9-21(12-20)22-15-25(17-26-16-22)29-18-23-10-11-27-23/h2-9,12,15-17,23-24,27H,10-11,13-14,18H2,1H3/t23-,24+/m0/s1. The zero-order valence-electron chi connectivity index (χ0n) is 16.9. The van der Waals surface area contributed by atoms with Crippen molar-refractivity contribution in [3.63, 3.8) is 0 Å². The molecule has 1 N–H and O–H groups in total. The van der Waals surface area contributed by atoms with E-state index in [-0.39, 0.29) is 6.10 Å². The van der Waals surface area contributed by atoms with Gasteiger partial charge in [-0.25, -0.2) is 0 Å². The molecule has 0 saturated carbocycles. The van der Waals surface area contributed by atoms with Gasteiger partial charge in [-0.05, 0) is 48.6 Å². The molecular formula is C25H28N2O2. The maximum Gasteiger partial charge on any atom is 0.138 e. The Morgan fingerprint density at radius 3 is 2.52 bits per heavy atom. The van der Waals surface area contributed by atoms with Crippen molar-refractivity contribution in [3.05, 3.63) is 84.2 Å². The van der Waals surface area contributed by atoms with Crippen molar-refractivity contribution in [2.75, 3.05) is 20.3 Å². The summed E-state index contributed by atoms with van der Waals surface area (Å²) in [5, 5.41) is 3.35. The Labute approximate surface area is 172 Å². The summed E-state index contributed by atoms with van der Waals surface area (Å²) in [4.78, 5) is 4.38. The summed E-state index contributed by atoms with van der Waals surface area (Å²) in [7, 11) is 1.79. The maximum absolute atomic E-state index is 5.91. The Kier molecular flexibility index (Phi) is 6.55. The lowest BCUT2D eigenvalue weighted by Crippen LogP contribution is -2.46. The lowest BCUT2D eigenvalue weighted by atomic mass is 9.98. The molecule has 0 radical (unpaired) electrons. The molecular weight excluding hydrogens is 360 g/mol. The molecule has 4 heteroatoms. The molecule has 1 fully saturated rings. The second-order valence-electron chi connectivity index (χ2n) is 7.61. The number of ether oxygens (including phenoxy) is 2. The van der Waals surface area contributed by atoms with Gasteiger partial charge in [0.05, 0.1) is 12.3 Å². The average molecular weight is 389 g/mol. The van der Waals surface area contributed by atoms with Crippen molar-refractivity contribution >= 4 is 0 Å². The van der Waals surface area contributed by atoms with Crippen molar-refractivity contribution < 1.29 is 9.47 Å². The highest BCUT2D eigenvalue weighted by atomic mass is 16.5. The fraction of sp³-hybridized carbons (Fsp3) is 0.320. The number of nitrogens with one attached hydrogen (secondary N) is 1. The van der Waals surface area contributed by atoms with Crippen LogP contribution in [-0.2, 0) is 17.6 Å². The second kappa shape index (κ2) is 9.68. The summed E-state index contributed by atoms with van der Waals surface area (Å²) in [5.41, 5.74) is 4.78. The van der Waals surface area contributed by atoms with Gasteiger partial charge in [0.2, 0.25) is 0 Å². The van der Waals surface area contributed by atoms with E-state index >= 15 is 0 Å². The monoisotopic (exact) mass is 388 g/mol. The smallest absolute Gasteiger partial charge is 0.138 e. The molecule has 0 spiro atoms. The van der Waals surface area contributed by atoms with Gasteiger partial charge in [-0.1, -0.05) is 54.6 Å². The van der Waals surface area contributed by atoms with Crippen LogP contribution in [0.4, 0.5) is 0 Å². The molecule has 3 aromatic rings. The molecule has 29 heavy (non-hydrogen) atoms. The average Bonchev–Trinajstić information content (AvgIpc) is 2.73. The van der Waals surface area contributed by atoms with Crippen LogP contribution in [0.2, 0.25) is 0 Å². The Hall–Kier alpha value is -2.69. The zero-order chi connectivity index (χ0) is 19.9. The second-order valence-corrected chi connectivity index (χ2v) is 7.61. The number of methoxy groups -OCH3 is 1. The first-order valence-corrected chi connectivity index (χ1v) is 10.3. The van der Waals surface area contributed by atoms with E-state index < -0.39 is 0 Å². The summed E-state index contributed by atoms with van der Waals surface area (Å²) >= 11 is 0. The molecule has 2 aromatic carbocycles. The van der Waals surface area contributed by atoms with E-state index in [9.17, 15) is 0 Å². The minimum absolute atomic E-state index is 0.149. The minimum Gasteiger partial charge on any atom is -0.490 e. The number of benzene rings is 2. The Bertz CT molecular complexity index is 909. The molecule has 1 saturated heterocycles. The molecule has 0 bridgehead atoms. The van der Waals surface area contributed by atoms with Crippen LogP contribution in [0.15, 0.2) is 73.1 Å². The zero-order valence-corrected chi connectivity index (χ0v) is 16.9. The number of hydrogen-bond donors (Lipinski definition) is 1. The van der Waals surface area contributed by atoms with Crippen LogP contribution in [0.25, 0.3) is 11.1 Å². The first-order valence-electron chi connectivity index (χ1n) is 10.3. The van der Waals surface area contributed by atoms with E-state index in [4.69, 9.17) is 9.47 Å². The molecule has 1 aliphatic rings. The van der Waals surface area contributed by atoms with Gasteiger partial charge in [0.25, 0.3) is 0 Å². The molecule has 1 aliphatic heterocycles. The third-order valence-corrected chi connectivity index (χ3v) is 5.45. The molecule has 2 atom stereocenters. The third-order valence-electron chi connectivity index (χ3n) is 5.45. The molecule has 0 aliphatic carbocycles. The van der Waals surface area contributed by atoms with Gasteiger partial charge in [0.1, 0.15) is 12.4 Å². The maximum atomic E-state index is 5.91. The van der Waals surface area contributed by atoms with Crippen LogP contribution >= 0.6 is 0 Å². The molecule has 1 aromatic heterocycles. The van der Waals surface area contributed by atoms with Crippen LogP contribution in [-0.4, -0.2) is 37.4 Å². The SMILES string of the molecule is CO[C@H](Cc1ccccc1)Cc1cccc(-c2cncc(OC[C@@H]3CCN3)c2)c1. The van der Waals surface area contributed by atoms with Crippen LogP contribution in [0.5, 0.6) is 5.75 Å². The molecule has 0 unspecified atom stereocenters. The van der Waals surface area contributed by atoms with Gasteiger partial charge in [-0.3, -0.25) is 4.98 Å². The van der Waals surface area contributed by atoms with Gasteiger partial charge < -0.3 is 14.8 Å². The molecule has 150 valence electrons. The van der Waals surface area contributed by atoms with Crippen molar-refractivity contribution in [3.8, 4) is 16.9 Å². The van der Waals surface area contributed by atoms with Gasteiger partial charge in [-0.2, -0.15) is 0 Å². The predicted octanol–water partition coefficient (Wildman–Crippen LogP) is 4.29. The topological polar surface area (TPSA) is 43.4 Å². The van der Waals surface area contributed by atoms with Crippen LogP contribution in [0, 0.1) is 0 Å². The number of hydrogen-bond acceptors (Lipinski definition) is 4. The van der Waals surface area contributed by atoms with Crippen LogP contribution in [0.1, 0.15) is 17.5 Å². The van der Waals surface area contributed by atoms with E-state index in [1.165, 1.54) is 17.5 Å². The lowest BCUT2D eigenvalue weighted by molar-refractivity contribution is 0.103. The van der Waals surface area contributed by atoms with Crippen molar-refractivity contribution in [1.29, 1.82) is 0 Å². The minimum atomic E-state index is 0.149. The molecule has 0 amide bonds. The number of nitrogens with zero attached hydrogens (tertiary/aromatic N) is 1. The molecule has 4 nitrogen and oxygen atoms in total. The van der Waals surface area contributed by atoms with Gasteiger partial charge in [0.15, 0.2) is 0 Å². The fourth-order valence-electron chi connectivity index (χ4n) is 3.60. The highest BCUT2D eigenvalue weighted by Crippen LogP contribution is 2.25. The largest absolute Gasteiger partial charge is 0.490 e. The Morgan fingerprint density at radius 1 is 0.966 bits per heavy atom. The predicted molar refractivity (Wildman–Crippen MR) is 116 cm³/mol. The quantitative estimate of drug-likeness (QED) is 0.594. The van der Waals surface area contributed by atoms with E-state index in [0.29, 0.717) is 12.6 Å². The van der Waals surface area contributed by atoms with Crippen molar-refractivity contribution in [2.45, 2.75) is 31.4 Å². The summed E-state index contributed by atoms with van der Waals surface area (Å²) in [6.45, 7) is 1.78. The van der Waals surface area contributed by atoms with Crippen molar-refractivity contribution in [2.24, 2.45) is 0 Å². The molecule has 4 rings (SSSR count). The van der Waals surface area contributed by atoms with Gasteiger partial charge >= 0.3 is 0 Å². The third kappa shape index (κ3) is 5.43. The summed E-state index contributed by atoms with van der Waals surface area (Å²) < 4.78 is 11.7. The first-order chi connectivity index (χ1) is 14.3. The van der Waals surface area contributed by atoms with Crippen LogP contribution < -0.4 is 10.1 Å². The van der Waals surface area contributed by atoms with Gasteiger partial charge in [-0.15, -0.1) is 0 Å².